The largest absolute Gasteiger partial charge is 0.456 e. The van der Waals surface area contributed by atoms with Gasteiger partial charge in [0.25, 0.3) is 0 Å². The van der Waals surface area contributed by atoms with Crippen molar-refractivity contribution in [1.29, 1.82) is 0 Å². The molecular formula is C18H26O3. The molecule has 3 nitrogen and oxygen atoms in total. The molecule has 0 aromatic heterocycles. The van der Waals surface area contributed by atoms with Crippen LogP contribution < -0.4 is 0 Å². The minimum absolute atomic E-state index is 0.103. The number of hydrogen-bond acceptors (Lipinski definition) is 3. The maximum Gasteiger partial charge on any atom is 0.338 e. The van der Waals surface area contributed by atoms with Crippen molar-refractivity contribution in [2.24, 2.45) is 0 Å². The Morgan fingerprint density at radius 1 is 1.29 bits per heavy atom. The van der Waals surface area contributed by atoms with Crippen molar-refractivity contribution in [2.45, 2.75) is 63.9 Å². The number of benzene rings is 1. The van der Waals surface area contributed by atoms with Crippen molar-refractivity contribution in [2.75, 3.05) is 6.61 Å². The fraction of sp³-hybridized carbons (Fsp3) is 0.611. The Morgan fingerprint density at radius 2 is 1.86 bits per heavy atom. The SMILES string of the molecule is CCC(C)(CO)c1ccc(C(=O)OC2(C)CCCC2)cc1. The summed E-state index contributed by atoms with van der Waals surface area (Å²) in [5.74, 6) is -0.242. The van der Waals surface area contributed by atoms with Crippen LogP contribution in [-0.4, -0.2) is 23.3 Å². The molecule has 1 aromatic carbocycles. The van der Waals surface area contributed by atoms with Crippen molar-refractivity contribution >= 4 is 5.97 Å². The first-order chi connectivity index (χ1) is 9.92. The highest BCUT2D eigenvalue weighted by atomic mass is 16.6. The van der Waals surface area contributed by atoms with Crippen molar-refractivity contribution in [3.8, 4) is 0 Å². The second-order valence-electron chi connectivity index (χ2n) is 6.70. The Morgan fingerprint density at radius 3 is 2.33 bits per heavy atom. The third-order valence-electron chi connectivity index (χ3n) is 4.95. The molecule has 1 atom stereocenters. The molecular weight excluding hydrogens is 264 g/mol. The maximum absolute atomic E-state index is 12.2. The van der Waals surface area contributed by atoms with Gasteiger partial charge in [-0.3, -0.25) is 0 Å². The van der Waals surface area contributed by atoms with Gasteiger partial charge in [-0.1, -0.05) is 26.0 Å². The quantitative estimate of drug-likeness (QED) is 0.838. The topological polar surface area (TPSA) is 46.5 Å². The summed E-state index contributed by atoms with van der Waals surface area (Å²) in [5, 5.41) is 9.55. The lowest BCUT2D eigenvalue weighted by atomic mass is 9.81. The number of carbonyl (C=O) groups excluding carboxylic acids is 1. The van der Waals surface area contributed by atoms with Gasteiger partial charge in [0.15, 0.2) is 0 Å². The standard InChI is InChI=1S/C18H26O3/c1-4-17(2,13-19)15-9-7-14(8-10-15)16(20)21-18(3)11-5-6-12-18/h7-10,19H,4-6,11-13H2,1-3H3. The van der Waals surface area contributed by atoms with Crippen LogP contribution in [-0.2, 0) is 10.2 Å². The van der Waals surface area contributed by atoms with Gasteiger partial charge < -0.3 is 9.84 Å². The lowest BCUT2D eigenvalue weighted by Gasteiger charge is -2.27. The molecule has 0 bridgehead atoms. The molecule has 0 saturated heterocycles. The smallest absolute Gasteiger partial charge is 0.338 e. The van der Waals surface area contributed by atoms with Gasteiger partial charge in [0, 0.05) is 5.41 Å². The minimum Gasteiger partial charge on any atom is -0.456 e. The van der Waals surface area contributed by atoms with Crippen LogP contribution in [0, 0.1) is 0 Å². The van der Waals surface area contributed by atoms with E-state index < -0.39 is 0 Å². The highest BCUT2D eigenvalue weighted by Gasteiger charge is 2.33. The summed E-state index contributed by atoms with van der Waals surface area (Å²) in [6.07, 6.45) is 5.03. The van der Waals surface area contributed by atoms with Gasteiger partial charge >= 0.3 is 5.97 Å². The van der Waals surface area contributed by atoms with Gasteiger partial charge in [0.05, 0.1) is 12.2 Å². The minimum atomic E-state index is -0.293. The average Bonchev–Trinajstić information content (AvgIpc) is 2.92. The number of carbonyl (C=O) groups is 1. The molecule has 0 heterocycles. The zero-order valence-corrected chi connectivity index (χ0v) is 13.3. The van der Waals surface area contributed by atoms with Crippen LogP contribution in [0.4, 0.5) is 0 Å². The lowest BCUT2D eigenvalue weighted by molar-refractivity contribution is -0.00609. The first-order valence-corrected chi connectivity index (χ1v) is 7.87. The Labute approximate surface area is 127 Å². The van der Waals surface area contributed by atoms with E-state index >= 15 is 0 Å². The van der Waals surface area contributed by atoms with Crippen molar-refractivity contribution in [3.05, 3.63) is 35.4 Å². The molecule has 21 heavy (non-hydrogen) atoms. The van der Waals surface area contributed by atoms with E-state index in [9.17, 15) is 9.90 Å². The van der Waals surface area contributed by atoms with Crippen LogP contribution in [0.15, 0.2) is 24.3 Å². The monoisotopic (exact) mass is 290 g/mol. The van der Waals surface area contributed by atoms with E-state index in [1.807, 2.05) is 26.0 Å². The fourth-order valence-electron chi connectivity index (χ4n) is 2.92. The molecule has 1 fully saturated rings. The first-order valence-electron chi connectivity index (χ1n) is 7.87. The van der Waals surface area contributed by atoms with Crippen LogP contribution in [0.1, 0.15) is 68.8 Å². The average molecular weight is 290 g/mol. The summed E-state index contributed by atoms with van der Waals surface area (Å²) in [5.41, 5.74) is 1.10. The molecule has 0 spiro atoms. The number of ether oxygens (including phenoxy) is 1. The van der Waals surface area contributed by atoms with Gasteiger partial charge in [-0.05, 0) is 56.7 Å². The maximum atomic E-state index is 12.2. The van der Waals surface area contributed by atoms with Crippen LogP contribution in [0.3, 0.4) is 0 Å². The lowest BCUT2D eigenvalue weighted by Crippen LogP contribution is -2.28. The number of aliphatic hydroxyl groups is 1. The normalized spacial score (nSPS) is 20.0. The molecule has 2 rings (SSSR count). The summed E-state index contributed by atoms with van der Waals surface area (Å²) >= 11 is 0. The summed E-state index contributed by atoms with van der Waals surface area (Å²) in [4.78, 5) is 12.2. The molecule has 1 saturated carbocycles. The van der Waals surface area contributed by atoms with Crippen molar-refractivity contribution in [1.82, 2.24) is 0 Å². The van der Waals surface area contributed by atoms with E-state index in [0.29, 0.717) is 5.56 Å². The van der Waals surface area contributed by atoms with Gasteiger partial charge in [0.1, 0.15) is 5.60 Å². The predicted molar refractivity (Wildman–Crippen MR) is 83.5 cm³/mol. The summed E-state index contributed by atoms with van der Waals surface area (Å²) in [6.45, 7) is 6.21. The fourth-order valence-corrected chi connectivity index (χ4v) is 2.92. The van der Waals surface area contributed by atoms with E-state index in [-0.39, 0.29) is 23.6 Å². The van der Waals surface area contributed by atoms with Gasteiger partial charge in [0.2, 0.25) is 0 Å². The highest BCUT2D eigenvalue weighted by Crippen LogP contribution is 2.33. The Hall–Kier alpha value is -1.35. The molecule has 3 heteroatoms. The van der Waals surface area contributed by atoms with E-state index in [1.54, 1.807) is 12.1 Å². The van der Waals surface area contributed by atoms with Crippen molar-refractivity contribution < 1.29 is 14.6 Å². The Kier molecular flexibility index (Phi) is 4.72. The van der Waals surface area contributed by atoms with Crippen LogP contribution in [0.25, 0.3) is 0 Å². The summed E-state index contributed by atoms with van der Waals surface area (Å²) < 4.78 is 5.67. The molecule has 0 radical (unpaired) electrons. The first kappa shape index (κ1) is 16.0. The second kappa shape index (κ2) is 6.18. The summed E-state index contributed by atoms with van der Waals surface area (Å²) in [7, 11) is 0. The molecule has 1 N–H and O–H groups in total. The van der Waals surface area contributed by atoms with Gasteiger partial charge in [-0.2, -0.15) is 0 Å². The van der Waals surface area contributed by atoms with Crippen LogP contribution >= 0.6 is 0 Å². The zero-order chi connectivity index (χ0) is 15.5. The Bertz CT molecular complexity index is 480. The molecule has 1 aliphatic rings. The van der Waals surface area contributed by atoms with Crippen LogP contribution in [0.2, 0.25) is 0 Å². The zero-order valence-electron chi connectivity index (χ0n) is 13.3. The molecule has 1 aliphatic carbocycles. The Balaban J connectivity index is 2.10. The summed E-state index contributed by atoms with van der Waals surface area (Å²) in [6, 6.07) is 7.46. The molecule has 116 valence electrons. The molecule has 0 aliphatic heterocycles. The van der Waals surface area contributed by atoms with E-state index in [0.717, 1.165) is 37.7 Å². The molecule has 0 amide bonds. The van der Waals surface area contributed by atoms with E-state index in [2.05, 4.69) is 6.92 Å². The van der Waals surface area contributed by atoms with Crippen LogP contribution in [0.5, 0.6) is 0 Å². The number of rotatable bonds is 5. The third kappa shape index (κ3) is 3.46. The molecule has 1 aromatic rings. The molecule has 1 unspecified atom stereocenters. The van der Waals surface area contributed by atoms with Gasteiger partial charge in [-0.15, -0.1) is 0 Å². The third-order valence-corrected chi connectivity index (χ3v) is 4.95. The van der Waals surface area contributed by atoms with Gasteiger partial charge in [-0.25, -0.2) is 4.79 Å². The number of esters is 1. The number of aliphatic hydroxyl groups excluding tert-OH is 1. The van der Waals surface area contributed by atoms with E-state index in [1.165, 1.54) is 0 Å². The number of hydrogen-bond donors (Lipinski definition) is 1. The van der Waals surface area contributed by atoms with E-state index in [4.69, 9.17) is 4.74 Å². The highest BCUT2D eigenvalue weighted by molar-refractivity contribution is 5.89. The predicted octanol–water partition coefficient (Wildman–Crippen LogP) is 3.84. The second-order valence-corrected chi connectivity index (χ2v) is 6.70. The van der Waals surface area contributed by atoms with Crippen molar-refractivity contribution in [3.63, 3.8) is 0 Å².